The highest BCUT2D eigenvalue weighted by molar-refractivity contribution is 7.71. The molecule has 0 saturated heterocycles. The number of hydrogen-bond acceptors (Lipinski definition) is 3. The van der Waals surface area contributed by atoms with Gasteiger partial charge in [0.2, 0.25) is 4.77 Å². The van der Waals surface area contributed by atoms with E-state index >= 15 is 0 Å². The molecule has 0 radical (unpaired) electrons. The van der Waals surface area contributed by atoms with E-state index in [4.69, 9.17) is 23.8 Å². The van der Waals surface area contributed by atoms with Crippen molar-refractivity contribution in [2.24, 2.45) is 5.41 Å². The van der Waals surface area contributed by atoms with Crippen molar-refractivity contribution in [2.45, 2.75) is 58.6 Å². The fraction of sp³-hybridized carbons (Fsp3) is 0.556. The minimum absolute atomic E-state index is 0.0942. The zero-order chi connectivity index (χ0) is 18.8. The SMILES string of the molecule is CC(CCC(O)(Cn1[nH]cnc1=S)C(C)(C)C)c1ccc(F)cc1Cl. The van der Waals surface area contributed by atoms with E-state index < -0.39 is 5.60 Å². The third kappa shape index (κ3) is 4.68. The lowest BCUT2D eigenvalue weighted by atomic mass is 9.72. The van der Waals surface area contributed by atoms with Crippen LogP contribution in [-0.2, 0) is 6.54 Å². The van der Waals surface area contributed by atoms with Crippen LogP contribution in [0.4, 0.5) is 4.39 Å². The van der Waals surface area contributed by atoms with Gasteiger partial charge in [0.15, 0.2) is 0 Å². The maximum absolute atomic E-state index is 13.2. The van der Waals surface area contributed by atoms with E-state index in [2.05, 4.69) is 10.1 Å². The van der Waals surface area contributed by atoms with Gasteiger partial charge < -0.3 is 5.11 Å². The molecule has 7 heteroatoms. The second kappa shape index (κ2) is 7.56. The normalized spacial score (nSPS) is 15.8. The van der Waals surface area contributed by atoms with Crippen LogP contribution in [0.15, 0.2) is 24.5 Å². The molecule has 0 amide bonds. The van der Waals surface area contributed by atoms with Gasteiger partial charge >= 0.3 is 0 Å². The van der Waals surface area contributed by atoms with Crippen molar-refractivity contribution in [1.29, 1.82) is 0 Å². The smallest absolute Gasteiger partial charge is 0.215 e. The topological polar surface area (TPSA) is 53.8 Å². The fourth-order valence-electron chi connectivity index (χ4n) is 2.86. The third-order valence-corrected chi connectivity index (χ3v) is 5.57. The fourth-order valence-corrected chi connectivity index (χ4v) is 3.38. The van der Waals surface area contributed by atoms with Crippen LogP contribution in [0.5, 0.6) is 0 Å². The predicted octanol–water partition coefficient (Wildman–Crippen LogP) is 5.09. The lowest BCUT2D eigenvalue weighted by molar-refractivity contribution is -0.0822. The lowest BCUT2D eigenvalue weighted by Crippen LogP contribution is -2.47. The van der Waals surface area contributed by atoms with Crippen LogP contribution in [0.1, 0.15) is 52.0 Å². The Morgan fingerprint density at radius 1 is 1.40 bits per heavy atom. The van der Waals surface area contributed by atoms with Gasteiger partial charge in [-0.1, -0.05) is 45.4 Å². The Balaban J connectivity index is 2.17. The van der Waals surface area contributed by atoms with Gasteiger partial charge in [-0.15, -0.1) is 0 Å². The van der Waals surface area contributed by atoms with Gasteiger partial charge in [0.1, 0.15) is 12.1 Å². The molecule has 0 fully saturated rings. The minimum Gasteiger partial charge on any atom is -0.387 e. The molecule has 2 aromatic rings. The standard InChI is InChI=1S/C18H25ClFN3OS/c1-12(14-6-5-13(20)9-15(14)19)7-8-18(24,17(2,3)4)10-23-16(25)21-11-22-23/h5-6,9,11-12,24H,7-8,10H2,1-4H3,(H,21,22,25). The monoisotopic (exact) mass is 385 g/mol. The maximum Gasteiger partial charge on any atom is 0.215 e. The summed E-state index contributed by atoms with van der Waals surface area (Å²) in [5.41, 5.74) is -0.463. The Hall–Kier alpha value is -1.24. The first kappa shape index (κ1) is 20.1. The van der Waals surface area contributed by atoms with Gasteiger partial charge in [-0.05, 0) is 54.1 Å². The highest BCUT2D eigenvalue weighted by Gasteiger charge is 2.40. The number of aromatic nitrogens is 3. The number of benzene rings is 1. The van der Waals surface area contributed by atoms with E-state index in [0.29, 0.717) is 29.2 Å². The highest BCUT2D eigenvalue weighted by Crippen LogP contribution is 2.38. The summed E-state index contributed by atoms with van der Waals surface area (Å²) in [5, 5.41) is 14.7. The molecule has 0 spiro atoms. The van der Waals surface area contributed by atoms with E-state index in [9.17, 15) is 9.50 Å². The van der Waals surface area contributed by atoms with Crippen molar-refractivity contribution < 1.29 is 9.50 Å². The Morgan fingerprint density at radius 2 is 2.08 bits per heavy atom. The minimum atomic E-state index is -0.988. The Labute approximate surface area is 158 Å². The van der Waals surface area contributed by atoms with Crippen molar-refractivity contribution in [2.75, 3.05) is 0 Å². The molecule has 1 heterocycles. The highest BCUT2D eigenvalue weighted by atomic mass is 35.5. The van der Waals surface area contributed by atoms with E-state index in [1.54, 1.807) is 10.7 Å². The predicted molar refractivity (Wildman–Crippen MR) is 101 cm³/mol. The van der Waals surface area contributed by atoms with E-state index in [1.807, 2.05) is 27.7 Å². The summed E-state index contributed by atoms with van der Waals surface area (Å²) >= 11 is 11.3. The van der Waals surface area contributed by atoms with Gasteiger partial charge in [-0.25, -0.2) is 9.37 Å². The van der Waals surface area contributed by atoms with Gasteiger partial charge in [0.05, 0.1) is 12.1 Å². The summed E-state index contributed by atoms with van der Waals surface area (Å²) in [6.07, 6.45) is 2.78. The van der Waals surface area contributed by atoms with Crippen LogP contribution >= 0.6 is 23.8 Å². The summed E-state index contributed by atoms with van der Waals surface area (Å²) in [6, 6.07) is 4.45. The van der Waals surface area contributed by atoms with Gasteiger partial charge in [-0.3, -0.25) is 9.78 Å². The quantitative estimate of drug-likeness (QED) is 0.680. The zero-order valence-corrected chi connectivity index (χ0v) is 16.6. The molecule has 0 saturated carbocycles. The van der Waals surface area contributed by atoms with Gasteiger partial charge in [-0.2, -0.15) is 0 Å². The zero-order valence-electron chi connectivity index (χ0n) is 15.0. The molecule has 25 heavy (non-hydrogen) atoms. The van der Waals surface area contributed by atoms with Crippen LogP contribution in [-0.4, -0.2) is 25.5 Å². The maximum atomic E-state index is 13.2. The molecule has 2 unspecified atom stereocenters. The third-order valence-electron chi connectivity index (χ3n) is 4.92. The number of hydrogen-bond donors (Lipinski definition) is 2. The number of aliphatic hydroxyl groups is 1. The first-order chi connectivity index (χ1) is 11.5. The van der Waals surface area contributed by atoms with Crippen molar-refractivity contribution in [1.82, 2.24) is 14.8 Å². The van der Waals surface area contributed by atoms with Crippen molar-refractivity contribution in [3.63, 3.8) is 0 Å². The van der Waals surface area contributed by atoms with Gasteiger partial charge in [0.25, 0.3) is 0 Å². The lowest BCUT2D eigenvalue weighted by Gasteiger charge is -2.41. The Bertz CT molecular complexity index is 783. The molecule has 2 N–H and O–H groups in total. The average Bonchev–Trinajstić information content (AvgIpc) is 2.89. The van der Waals surface area contributed by atoms with Crippen LogP contribution in [0.25, 0.3) is 0 Å². The molecule has 0 aliphatic rings. The number of aromatic amines is 1. The molecule has 1 aromatic heterocycles. The molecule has 2 atom stereocenters. The molecule has 0 bridgehead atoms. The van der Waals surface area contributed by atoms with Crippen molar-refractivity contribution in [3.8, 4) is 0 Å². The number of nitrogens with one attached hydrogen (secondary N) is 1. The first-order valence-corrected chi connectivity index (χ1v) is 9.10. The van der Waals surface area contributed by atoms with Gasteiger partial charge in [0, 0.05) is 5.02 Å². The number of halogens is 2. The Morgan fingerprint density at radius 3 is 2.60 bits per heavy atom. The van der Waals surface area contributed by atoms with E-state index in [-0.39, 0.29) is 17.2 Å². The number of rotatable bonds is 6. The number of nitrogens with zero attached hydrogens (tertiary/aromatic N) is 2. The summed E-state index contributed by atoms with van der Waals surface area (Å²) in [6.45, 7) is 8.37. The van der Waals surface area contributed by atoms with Crippen LogP contribution in [0, 0.1) is 16.0 Å². The van der Waals surface area contributed by atoms with E-state index in [1.165, 1.54) is 18.5 Å². The molecular weight excluding hydrogens is 361 g/mol. The summed E-state index contributed by atoms with van der Waals surface area (Å²) in [5.74, 6) is -0.252. The molecule has 1 aromatic carbocycles. The van der Waals surface area contributed by atoms with E-state index in [0.717, 1.165) is 5.56 Å². The summed E-state index contributed by atoms with van der Waals surface area (Å²) in [4.78, 5) is 4.00. The molecular formula is C18H25ClFN3OS. The second-order valence-corrected chi connectivity index (χ2v) is 8.42. The van der Waals surface area contributed by atoms with Crippen LogP contribution < -0.4 is 0 Å². The second-order valence-electron chi connectivity index (χ2n) is 7.64. The molecule has 0 aliphatic heterocycles. The van der Waals surface area contributed by atoms with Crippen LogP contribution in [0.2, 0.25) is 5.02 Å². The first-order valence-electron chi connectivity index (χ1n) is 8.31. The molecule has 138 valence electrons. The molecule has 2 rings (SSSR count). The summed E-state index contributed by atoms with van der Waals surface area (Å²) in [7, 11) is 0. The largest absolute Gasteiger partial charge is 0.387 e. The van der Waals surface area contributed by atoms with Crippen molar-refractivity contribution in [3.05, 3.63) is 45.7 Å². The average molecular weight is 386 g/mol. The molecule has 0 aliphatic carbocycles. The molecule has 4 nitrogen and oxygen atoms in total. The van der Waals surface area contributed by atoms with Crippen molar-refractivity contribution >= 4 is 23.8 Å². The summed E-state index contributed by atoms with van der Waals surface area (Å²) < 4.78 is 15.3. The Kier molecular flexibility index (Phi) is 6.07. The van der Waals surface area contributed by atoms with Crippen LogP contribution in [0.3, 0.4) is 0 Å². The number of H-pyrrole nitrogens is 1.